The molecule has 1 fully saturated rings. The van der Waals surface area contributed by atoms with Crippen LogP contribution in [0.15, 0.2) is 30.6 Å². The lowest BCUT2D eigenvalue weighted by molar-refractivity contribution is 0.245. The van der Waals surface area contributed by atoms with Crippen molar-refractivity contribution >= 4 is 5.95 Å². The van der Waals surface area contributed by atoms with Crippen molar-refractivity contribution in [3.8, 4) is 5.75 Å². The lowest BCUT2D eigenvalue weighted by atomic mass is 9.79. The number of nitrogens with zero attached hydrogens (tertiary/aromatic N) is 4. The van der Waals surface area contributed by atoms with Gasteiger partial charge in [-0.25, -0.2) is 9.97 Å². The van der Waals surface area contributed by atoms with Gasteiger partial charge in [0.1, 0.15) is 5.75 Å². The summed E-state index contributed by atoms with van der Waals surface area (Å²) >= 11 is 0. The molecule has 1 aliphatic heterocycles. The van der Waals surface area contributed by atoms with Gasteiger partial charge in [0, 0.05) is 50.7 Å². The van der Waals surface area contributed by atoms with Crippen molar-refractivity contribution in [2.75, 3.05) is 31.1 Å². The Bertz CT molecular complexity index is 798. The van der Waals surface area contributed by atoms with Crippen molar-refractivity contribution in [1.82, 2.24) is 14.9 Å². The van der Waals surface area contributed by atoms with Crippen molar-refractivity contribution in [2.24, 2.45) is 0 Å². The molecule has 0 amide bonds. The Kier molecular flexibility index (Phi) is 5.67. The summed E-state index contributed by atoms with van der Waals surface area (Å²) in [5, 5.41) is 11.0. The van der Waals surface area contributed by atoms with E-state index in [0.717, 1.165) is 49.8 Å². The first-order chi connectivity index (χ1) is 13.1. The molecule has 0 unspecified atom stereocenters. The van der Waals surface area contributed by atoms with Crippen LogP contribution in [0.1, 0.15) is 58.2 Å². The monoisotopic (exact) mass is 382 g/mol. The number of benzene rings is 1. The molecule has 1 aliphatic rings. The Hall–Kier alpha value is -2.14. The summed E-state index contributed by atoms with van der Waals surface area (Å²) < 4.78 is 0. The topological polar surface area (TPSA) is 52.5 Å². The van der Waals surface area contributed by atoms with E-state index in [1.165, 1.54) is 5.56 Å². The third kappa shape index (κ3) is 4.64. The Morgan fingerprint density at radius 3 is 2.04 bits per heavy atom. The highest BCUT2D eigenvalue weighted by Crippen LogP contribution is 2.38. The molecule has 0 spiro atoms. The number of anilines is 1. The number of hydrogen-bond donors (Lipinski definition) is 1. The molecule has 2 aromatic rings. The minimum Gasteiger partial charge on any atom is -0.507 e. The molecular weight excluding hydrogens is 348 g/mol. The predicted molar refractivity (Wildman–Crippen MR) is 115 cm³/mol. The molecular formula is C23H34N4O. The number of aromatic hydroxyl groups is 1. The normalized spacial score (nSPS) is 16.4. The number of hydrogen-bond acceptors (Lipinski definition) is 5. The van der Waals surface area contributed by atoms with Gasteiger partial charge in [0.05, 0.1) is 0 Å². The summed E-state index contributed by atoms with van der Waals surface area (Å²) in [6.45, 7) is 17.6. The van der Waals surface area contributed by atoms with Crippen molar-refractivity contribution in [3.63, 3.8) is 0 Å². The molecule has 0 saturated carbocycles. The van der Waals surface area contributed by atoms with E-state index >= 15 is 0 Å². The Morgan fingerprint density at radius 2 is 1.50 bits per heavy atom. The molecule has 1 aromatic heterocycles. The van der Waals surface area contributed by atoms with E-state index in [4.69, 9.17) is 0 Å². The summed E-state index contributed by atoms with van der Waals surface area (Å²) in [6.07, 6.45) is 3.58. The van der Waals surface area contributed by atoms with E-state index in [-0.39, 0.29) is 10.8 Å². The van der Waals surface area contributed by atoms with Gasteiger partial charge in [-0.15, -0.1) is 0 Å². The van der Waals surface area contributed by atoms with Crippen molar-refractivity contribution in [3.05, 3.63) is 47.3 Å². The van der Waals surface area contributed by atoms with Crippen LogP contribution in [0.2, 0.25) is 0 Å². The van der Waals surface area contributed by atoms with Crippen LogP contribution < -0.4 is 4.90 Å². The molecule has 28 heavy (non-hydrogen) atoms. The highest BCUT2D eigenvalue weighted by Gasteiger charge is 2.26. The first kappa shape index (κ1) is 20.6. The second-order valence-electron chi connectivity index (χ2n) is 9.84. The largest absolute Gasteiger partial charge is 0.507 e. The van der Waals surface area contributed by atoms with Crippen molar-refractivity contribution < 1.29 is 5.11 Å². The second-order valence-corrected chi connectivity index (χ2v) is 9.84. The average Bonchev–Trinajstić information content (AvgIpc) is 2.63. The molecule has 1 saturated heterocycles. The van der Waals surface area contributed by atoms with Gasteiger partial charge in [-0.3, -0.25) is 4.90 Å². The van der Waals surface area contributed by atoms with Crippen LogP contribution in [0.3, 0.4) is 0 Å². The lowest BCUT2D eigenvalue weighted by Crippen LogP contribution is -2.46. The molecule has 0 atom stereocenters. The van der Waals surface area contributed by atoms with E-state index in [0.29, 0.717) is 5.75 Å². The molecule has 3 rings (SSSR count). The predicted octanol–water partition coefficient (Wildman–Crippen LogP) is 4.10. The van der Waals surface area contributed by atoms with Gasteiger partial charge in [-0.05, 0) is 28.0 Å². The minimum atomic E-state index is -0.0938. The quantitative estimate of drug-likeness (QED) is 0.866. The smallest absolute Gasteiger partial charge is 0.225 e. The van der Waals surface area contributed by atoms with E-state index in [2.05, 4.69) is 73.4 Å². The maximum atomic E-state index is 11.0. The fourth-order valence-corrected chi connectivity index (χ4v) is 3.62. The van der Waals surface area contributed by atoms with Crippen LogP contribution in [0.4, 0.5) is 5.95 Å². The number of aromatic nitrogens is 2. The van der Waals surface area contributed by atoms with E-state index in [9.17, 15) is 5.11 Å². The zero-order chi connectivity index (χ0) is 20.5. The van der Waals surface area contributed by atoms with E-state index in [1.54, 1.807) is 12.4 Å². The molecule has 0 aliphatic carbocycles. The summed E-state index contributed by atoms with van der Waals surface area (Å²) in [5.74, 6) is 1.25. The van der Waals surface area contributed by atoms with Crippen LogP contribution in [0, 0.1) is 0 Å². The first-order valence-corrected chi connectivity index (χ1v) is 10.2. The maximum absolute atomic E-state index is 11.0. The van der Waals surface area contributed by atoms with Gasteiger partial charge in [0.2, 0.25) is 5.95 Å². The van der Waals surface area contributed by atoms with Gasteiger partial charge in [0.15, 0.2) is 0 Å². The van der Waals surface area contributed by atoms with Crippen LogP contribution >= 0.6 is 0 Å². The fraction of sp³-hybridized carbons (Fsp3) is 0.565. The summed E-state index contributed by atoms with van der Waals surface area (Å²) in [5.41, 5.74) is 3.30. The minimum absolute atomic E-state index is 0.0474. The van der Waals surface area contributed by atoms with Crippen molar-refractivity contribution in [2.45, 2.75) is 58.9 Å². The van der Waals surface area contributed by atoms with Crippen molar-refractivity contribution in [1.29, 1.82) is 0 Å². The molecule has 0 bridgehead atoms. The first-order valence-electron chi connectivity index (χ1n) is 10.2. The summed E-state index contributed by atoms with van der Waals surface area (Å²) in [7, 11) is 0. The third-order valence-electron chi connectivity index (χ3n) is 5.46. The number of phenols is 1. The summed E-state index contributed by atoms with van der Waals surface area (Å²) in [4.78, 5) is 13.4. The van der Waals surface area contributed by atoms with Gasteiger partial charge >= 0.3 is 0 Å². The maximum Gasteiger partial charge on any atom is 0.225 e. The molecule has 0 radical (unpaired) electrons. The van der Waals surface area contributed by atoms with E-state index < -0.39 is 0 Å². The second kappa shape index (κ2) is 7.70. The lowest BCUT2D eigenvalue weighted by Gasteiger charge is -2.35. The average molecular weight is 383 g/mol. The number of piperazine rings is 1. The highest BCUT2D eigenvalue weighted by molar-refractivity contribution is 5.48. The van der Waals surface area contributed by atoms with Gasteiger partial charge < -0.3 is 10.0 Å². The summed E-state index contributed by atoms with van der Waals surface area (Å²) in [6, 6.07) is 6.22. The van der Waals surface area contributed by atoms with Crippen LogP contribution in [0.25, 0.3) is 0 Å². The van der Waals surface area contributed by atoms with Crippen LogP contribution in [0.5, 0.6) is 5.75 Å². The Balaban J connectivity index is 1.79. The molecule has 5 nitrogen and oxygen atoms in total. The third-order valence-corrected chi connectivity index (χ3v) is 5.46. The Morgan fingerprint density at radius 1 is 0.893 bits per heavy atom. The molecule has 2 heterocycles. The zero-order valence-electron chi connectivity index (χ0n) is 18.2. The molecule has 1 N–H and O–H groups in total. The number of phenolic OH excluding ortho intramolecular Hbond substituents is 1. The molecule has 5 heteroatoms. The van der Waals surface area contributed by atoms with Gasteiger partial charge in [-0.1, -0.05) is 53.7 Å². The standard InChI is InChI=1S/C23H34N4O/c1-22(2,3)18-14-17(20(28)19(15-18)23(4,5)6)16-26-10-12-27(13-11-26)21-24-8-7-9-25-21/h7-9,14-15,28H,10-13,16H2,1-6H3. The SMILES string of the molecule is CC(C)(C)c1cc(CN2CCN(c3ncccn3)CC2)c(O)c(C(C)(C)C)c1. The highest BCUT2D eigenvalue weighted by atomic mass is 16.3. The van der Waals surface area contributed by atoms with Crippen LogP contribution in [-0.2, 0) is 17.4 Å². The zero-order valence-corrected chi connectivity index (χ0v) is 18.2. The Labute approximate surface area is 169 Å². The van der Waals surface area contributed by atoms with Gasteiger partial charge in [0.25, 0.3) is 0 Å². The molecule has 152 valence electrons. The van der Waals surface area contributed by atoms with Gasteiger partial charge in [-0.2, -0.15) is 0 Å². The molecule has 1 aromatic carbocycles. The van der Waals surface area contributed by atoms with E-state index in [1.807, 2.05) is 6.07 Å². The fourth-order valence-electron chi connectivity index (χ4n) is 3.62. The van der Waals surface area contributed by atoms with Crippen LogP contribution in [-0.4, -0.2) is 46.2 Å². The number of rotatable bonds is 3.